The summed E-state index contributed by atoms with van der Waals surface area (Å²) in [5, 5.41) is 31.3. The topological polar surface area (TPSA) is 374 Å². The number of H-pyrrole nitrogens is 2. The van der Waals surface area contributed by atoms with Gasteiger partial charge in [-0.05, 0) is 86.5 Å². The number of aromatic nitrogens is 5. The molecule has 11 N–H and O–H groups in total. The molecule has 27 nitrogen and oxygen atoms in total. The zero-order valence-electron chi connectivity index (χ0n) is 58.0. The number of hydrogen-bond acceptors (Lipinski definition) is 16. The van der Waals surface area contributed by atoms with Crippen LogP contribution in [-0.2, 0) is 83.2 Å². The monoisotopic (exact) mass is 1390 g/mol. The van der Waals surface area contributed by atoms with Gasteiger partial charge in [0, 0.05) is 115 Å². The van der Waals surface area contributed by atoms with Gasteiger partial charge in [-0.15, -0.1) is 5.10 Å². The lowest BCUT2D eigenvalue weighted by atomic mass is 9.89. The number of aryl methyl sites for hydroxylation is 1. The lowest BCUT2D eigenvalue weighted by molar-refractivity contribution is -0.143. The van der Waals surface area contributed by atoms with E-state index in [1.54, 1.807) is 37.1 Å². The summed E-state index contributed by atoms with van der Waals surface area (Å²) in [5.41, 5.74) is 9.47. The van der Waals surface area contributed by atoms with Crippen LogP contribution < -0.4 is 43.0 Å². The molecule has 0 unspecified atom stereocenters. The molecule has 10 atom stereocenters. The van der Waals surface area contributed by atoms with Crippen molar-refractivity contribution in [3.8, 4) is 0 Å². The Kier molecular flexibility index (Phi) is 29.7. The number of unbranched alkanes of at least 4 members (excludes halogenated alkanes) is 1. The Bertz CT molecular complexity index is 3540. The van der Waals surface area contributed by atoms with Gasteiger partial charge in [-0.1, -0.05) is 96.0 Å². The van der Waals surface area contributed by atoms with Gasteiger partial charge in [-0.2, -0.15) is 11.8 Å². The number of primary amides is 1. The van der Waals surface area contributed by atoms with Crippen molar-refractivity contribution in [1.29, 1.82) is 0 Å². The maximum atomic E-state index is 15.1. The standard InChI is InChI=1S/C69H96N14O13S.C2H6/c1-41(2)30-54-66(90)75-52(32-46-37-73-51-18-8-6-16-49(46)51)57(84)33-43(64(70)88)14-11-12-23-82-38-47(80-81-82)35-53(74-61(87)39-96-29-28-95-27-26-94-25-22-71-60(86)21-10-9-20-59-63-55(40-97-59)77-69(93)79-63)58(85)34-44(31-45-36-72-50-17-7-5-15-48(45)50)65(89)78-62(42(3)4)68(92)83-24-13-19-56(83)67(91)76-54;1-2/h5-8,15-18,36-38,41-44,52-56,59,62-63,72-73H,9-14,19-35,39-40H2,1-4H3,(H2,70,88)(H,71,86)(H,74,87)(H,75,90)(H,76,91)(H,78,89)(H2,77,79,93);1-2H3/t43-,44+,52-,53+,54-,55-,56-,59-,62-,63-;/m1./s1. The largest absolute Gasteiger partial charge is 0.377 e. The van der Waals surface area contributed by atoms with Crippen molar-refractivity contribution in [3.05, 3.63) is 83.9 Å². The van der Waals surface area contributed by atoms with Crippen molar-refractivity contribution < 1.29 is 62.2 Å². The third kappa shape index (κ3) is 22.4. The van der Waals surface area contributed by atoms with Crippen LogP contribution in [0.15, 0.2) is 67.1 Å². The number of para-hydroxylation sites is 2. The molecule has 9 amide bonds. The minimum atomic E-state index is -1.23. The number of urea groups is 1. The van der Waals surface area contributed by atoms with Gasteiger partial charge in [0.2, 0.25) is 41.4 Å². The summed E-state index contributed by atoms with van der Waals surface area (Å²) in [6, 6.07) is 9.67. The molecule has 0 saturated carbocycles. The molecule has 5 aromatic rings. The van der Waals surface area contributed by atoms with Crippen molar-refractivity contribution in [2.45, 2.75) is 192 Å². The molecule has 0 radical (unpaired) electrons. The lowest BCUT2D eigenvalue weighted by Gasteiger charge is -2.32. The summed E-state index contributed by atoms with van der Waals surface area (Å²) in [6.07, 6.45) is 9.65. The Balaban J connectivity index is 0.00000618. The summed E-state index contributed by atoms with van der Waals surface area (Å²) < 4.78 is 18.6. The van der Waals surface area contributed by atoms with Crippen LogP contribution in [0.4, 0.5) is 4.79 Å². The predicted octanol–water partition coefficient (Wildman–Crippen LogP) is 4.64. The molecule has 3 aromatic heterocycles. The van der Waals surface area contributed by atoms with E-state index in [9.17, 15) is 43.2 Å². The molecule has 0 spiro atoms. The molecule has 99 heavy (non-hydrogen) atoms. The second-order valence-electron chi connectivity index (χ2n) is 26.7. The molecule has 7 heterocycles. The Labute approximate surface area is 582 Å². The first-order valence-corrected chi connectivity index (χ1v) is 36.4. The normalized spacial score (nSPS) is 23.9. The van der Waals surface area contributed by atoms with Gasteiger partial charge in [0.1, 0.15) is 24.7 Å². The number of hydrogen-bond donors (Lipinski definition) is 10. The van der Waals surface area contributed by atoms with E-state index in [1.165, 1.54) is 4.90 Å². The van der Waals surface area contributed by atoms with E-state index in [0.717, 1.165) is 57.9 Å². The fraction of sp³-hybridized carbons (Fsp3) is 0.606. The second kappa shape index (κ2) is 38.4. The van der Waals surface area contributed by atoms with Crippen LogP contribution in [0.2, 0.25) is 0 Å². The van der Waals surface area contributed by atoms with E-state index < -0.39 is 102 Å². The summed E-state index contributed by atoms with van der Waals surface area (Å²) in [4.78, 5) is 148. The van der Waals surface area contributed by atoms with Crippen molar-refractivity contribution in [3.63, 3.8) is 0 Å². The number of thioether (sulfide) groups is 1. The first-order valence-electron chi connectivity index (χ1n) is 35.3. The third-order valence-corrected chi connectivity index (χ3v) is 20.1. The summed E-state index contributed by atoms with van der Waals surface area (Å²) in [5.74, 6) is -6.24. The molecule has 28 heteroatoms. The SMILES string of the molecule is CC.CC(C)C[C@H]1NC(=O)[C@H]2CCCN2C(=O)[C@@H](C(C)C)NC(=O)[C@@H](Cc2c[nH]c3ccccc23)CC(=O)[C@@H](NC(=O)COCCOCCOCCNC(=O)CCCC[C@H]2SC[C@H]3NC(=O)N[C@H]32)Cc2cn(nn2)CCCC[C@@H](C(N)=O)CC(=O)[C@@H](Cc2c[nH]c3ccccc23)NC1=O. The van der Waals surface area contributed by atoms with Crippen molar-refractivity contribution in [1.82, 2.24) is 67.1 Å². The molecule has 0 aliphatic carbocycles. The first kappa shape index (κ1) is 76.5. The van der Waals surface area contributed by atoms with E-state index in [0.29, 0.717) is 56.3 Å². The van der Waals surface area contributed by atoms with Gasteiger partial charge in [-0.25, -0.2) is 4.79 Å². The smallest absolute Gasteiger partial charge is 0.315 e. The van der Waals surface area contributed by atoms with E-state index in [4.69, 9.17) is 19.9 Å². The van der Waals surface area contributed by atoms with E-state index in [2.05, 4.69) is 57.5 Å². The minimum Gasteiger partial charge on any atom is -0.377 e. The molecule has 3 saturated heterocycles. The minimum absolute atomic E-state index is 0.0341. The van der Waals surface area contributed by atoms with Gasteiger partial charge >= 0.3 is 6.03 Å². The van der Waals surface area contributed by atoms with Crippen LogP contribution in [-0.4, -0.2) is 195 Å². The fourth-order valence-corrected chi connectivity index (χ4v) is 14.9. The van der Waals surface area contributed by atoms with Crippen LogP contribution >= 0.6 is 11.8 Å². The average molecular weight is 1390 g/mol. The highest BCUT2D eigenvalue weighted by atomic mass is 32.2. The Morgan fingerprint density at radius 1 is 0.697 bits per heavy atom. The van der Waals surface area contributed by atoms with Gasteiger partial charge in [-0.3, -0.25) is 47.8 Å². The van der Waals surface area contributed by atoms with Gasteiger partial charge < -0.3 is 72.0 Å². The number of ether oxygens (including phenoxy) is 3. The molecular weight excluding hydrogens is 1290 g/mol. The van der Waals surface area contributed by atoms with Gasteiger partial charge in [0.15, 0.2) is 11.6 Å². The van der Waals surface area contributed by atoms with Crippen molar-refractivity contribution in [2.75, 3.05) is 58.5 Å². The van der Waals surface area contributed by atoms with Gasteiger partial charge in [0.25, 0.3) is 0 Å². The Hall–Kier alpha value is -8.21. The quantitative estimate of drug-likeness (QED) is 0.0281. The highest BCUT2D eigenvalue weighted by molar-refractivity contribution is 8.00. The Morgan fingerprint density at radius 2 is 1.37 bits per heavy atom. The number of amides is 9. The number of nitrogens with one attached hydrogen (secondary N) is 9. The number of ketones is 2. The predicted molar refractivity (Wildman–Crippen MR) is 375 cm³/mol. The van der Waals surface area contributed by atoms with Crippen LogP contribution in [0.5, 0.6) is 0 Å². The number of nitrogens with two attached hydrogens (primary N) is 1. The third-order valence-electron chi connectivity index (χ3n) is 18.6. The number of rotatable bonds is 25. The zero-order chi connectivity index (χ0) is 71.0. The molecule has 540 valence electrons. The van der Waals surface area contributed by atoms with E-state index >= 15 is 4.79 Å². The Morgan fingerprint density at radius 3 is 2.07 bits per heavy atom. The van der Waals surface area contributed by atoms with E-state index in [1.807, 2.05) is 88.0 Å². The van der Waals surface area contributed by atoms with E-state index in [-0.39, 0.29) is 114 Å². The molecule has 4 aliphatic heterocycles. The van der Waals surface area contributed by atoms with Crippen molar-refractivity contribution in [2.24, 2.45) is 29.4 Å². The van der Waals surface area contributed by atoms with Crippen LogP contribution in [0.3, 0.4) is 0 Å². The summed E-state index contributed by atoms with van der Waals surface area (Å²) >= 11 is 1.86. The summed E-state index contributed by atoms with van der Waals surface area (Å²) in [7, 11) is 0. The number of aromatic amines is 2. The molecular formula is C71H102N14O13S. The van der Waals surface area contributed by atoms with Crippen molar-refractivity contribution >= 4 is 92.5 Å². The number of nitrogens with zero attached hydrogens (tertiary/aromatic N) is 4. The molecule has 2 aromatic carbocycles. The average Bonchev–Trinajstić information content (AvgIpc) is 1.59. The molecule has 4 aliphatic rings. The molecule has 9 rings (SSSR count). The summed E-state index contributed by atoms with van der Waals surface area (Å²) in [6.45, 7) is 12.7. The van der Waals surface area contributed by atoms with Crippen LogP contribution in [0.25, 0.3) is 21.8 Å². The number of carbonyl (C=O) groups is 10. The number of benzene rings is 2. The number of Topliss-reactive ketones (excluding diaryl/α,β-unsaturated/α-hetero) is 2. The molecule has 2 bridgehead atoms. The number of carbonyl (C=O) groups excluding carboxylic acids is 10. The van der Waals surface area contributed by atoms with Crippen LogP contribution in [0, 0.1) is 23.7 Å². The maximum absolute atomic E-state index is 15.1. The second-order valence-corrected chi connectivity index (χ2v) is 28.0. The maximum Gasteiger partial charge on any atom is 0.315 e. The van der Waals surface area contributed by atoms with Crippen LogP contribution in [0.1, 0.15) is 135 Å². The zero-order valence-corrected chi connectivity index (χ0v) is 58.9. The molecule has 3 fully saturated rings. The fourth-order valence-electron chi connectivity index (χ4n) is 13.3. The lowest BCUT2D eigenvalue weighted by Crippen LogP contribution is -2.58. The van der Waals surface area contributed by atoms with Gasteiger partial charge in [0.05, 0.1) is 62.9 Å². The first-order chi connectivity index (χ1) is 47.8. The number of fused-ring (bicyclic) bond motifs is 6. The highest BCUT2D eigenvalue weighted by Gasteiger charge is 2.44. The highest BCUT2D eigenvalue weighted by Crippen LogP contribution is 2.34.